The van der Waals surface area contributed by atoms with Crippen molar-refractivity contribution in [3.63, 3.8) is 0 Å². The van der Waals surface area contributed by atoms with E-state index in [1.54, 1.807) is 0 Å². The van der Waals surface area contributed by atoms with E-state index < -0.39 is 0 Å². The first-order valence-corrected chi connectivity index (χ1v) is 2.04. The van der Waals surface area contributed by atoms with Gasteiger partial charge in [-0.05, 0) is 19.2 Å². The zero-order valence-corrected chi connectivity index (χ0v) is 3.80. The van der Waals surface area contributed by atoms with Crippen LogP contribution in [-0.2, 0) is 3.97 Å². The van der Waals surface area contributed by atoms with Gasteiger partial charge in [0.15, 0.2) is 0 Å². The van der Waals surface area contributed by atoms with Crippen molar-refractivity contribution in [1.82, 2.24) is 0 Å². The van der Waals surface area contributed by atoms with Gasteiger partial charge in [-0.15, -0.1) is 0 Å². The van der Waals surface area contributed by atoms with Crippen molar-refractivity contribution in [2.24, 2.45) is 0 Å². The highest BCUT2D eigenvalue weighted by Gasteiger charge is 1.42. The van der Waals surface area contributed by atoms with Crippen LogP contribution in [-0.4, -0.2) is 6.30 Å². The van der Waals surface area contributed by atoms with Gasteiger partial charge in [-0.2, -0.15) is 0 Å². The molecule has 0 rings (SSSR count). The SMILES string of the molecule is C=POS. The van der Waals surface area contributed by atoms with Crippen molar-refractivity contribution in [3.05, 3.63) is 0 Å². The average molecular weight is 94.1 g/mol. The fourth-order valence-corrected chi connectivity index (χ4v) is 0. The zero-order valence-electron chi connectivity index (χ0n) is 2.01. The van der Waals surface area contributed by atoms with Crippen molar-refractivity contribution in [3.8, 4) is 0 Å². The second kappa shape index (κ2) is 3.48. The molecule has 0 aliphatic heterocycles. The van der Waals surface area contributed by atoms with Gasteiger partial charge in [0.2, 0.25) is 0 Å². The molecule has 0 aromatic rings. The monoisotopic (exact) mass is 94.0 g/mol. The van der Waals surface area contributed by atoms with E-state index in [4.69, 9.17) is 0 Å². The van der Waals surface area contributed by atoms with Crippen LogP contribution in [0.1, 0.15) is 0 Å². The first-order chi connectivity index (χ1) is 1.91. The maximum atomic E-state index is 4.10. The molecule has 1 nitrogen and oxygen atoms in total. The molecule has 0 unspecified atom stereocenters. The summed E-state index contributed by atoms with van der Waals surface area (Å²) in [6.07, 6.45) is 3.28. The van der Waals surface area contributed by atoms with E-state index in [-0.39, 0.29) is 0 Å². The zero-order chi connectivity index (χ0) is 3.41. The van der Waals surface area contributed by atoms with Gasteiger partial charge in [0, 0.05) is 0 Å². The second-order valence-electron chi connectivity index (χ2n) is 0.211. The largest absolute Gasteiger partial charge is 0.263 e. The minimum Gasteiger partial charge on any atom is -0.263 e. The molecule has 4 heavy (non-hydrogen) atoms. The normalized spacial score (nSPS) is 8.25. The fourth-order valence-electron chi connectivity index (χ4n) is 0. The molecule has 0 bridgehead atoms. The number of thiol groups is 1. The second-order valence-corrected chi connectivity index (χ2v) is 1.12. The minimum absolute atomic E-state index is 0.613. The molecular formula is CH3OPS. The number of hydrogen-bond acceptors (Lipinski definition) is 2. The van der Waals surface area contributed by atoms with Crippen LogP contribution in [0.4, 0.5) is 0 Å². The van der Waals surface area contributed by atoms with Gasteiger partial charge in [0.1, 0.15) is 0 Å². The Kier molecular flexibility index (Phi) is 3.90. The van der Waals surface area contributed by atoms with E-state index in [9.17, 15) is 0 Å². The summed E-state index contributed by atoms with van der Waals surface area (Å²) in [6, 6.07) is 0. The van der Waals surface area contributed by atoms with Crippen LogP contribution >= 0.6 is 21.3 Å². The summed E-state index contributed by atoms with van der Waals surface area (Å²) in [5.74, 6) is 0. The van der Waals surface area contributed by atoms with Gasteiger partial charge >= 0.3 is 0 Å². The Bertz CT molecular complexity index is 22.0. The molecule has 0 aliphatic rings. The highest BCUT2D eigenvalue weighted by Crippen LogP contribution is 1.92. The lowest BCUT2D eigenvalue weighted by Crippen LogP contribution is -1.23. The Labute approximate surface area is 32.5 Å². The van der Waals surface area contributed by atoms with E-state index in [0.717, 1.165) is 0 Å². The van der Waals surface area contributed by atoms with E-state index in [1.807, 2.05) is 0 Å². The lowest BCUT2D eigenvalue weighted by Gasteiger charge is -1.62. The summed E-state index contributed by atoms with van der Waals surface area (Å²) in [6.45, 7) is 0. The highest BCUT2D eigenvalue weighted by molar-refractivity contribution is 7.78. The molecule has 0 N–H and O–H groups in total. The smallest absolute Gasteiger partial charge is 0.0652 e. The molecule has 0 heterocycles. The van der Waals surface area contributed by atoms with Crippen LogP contribution in [0.15, 0.2) is 0 Å². The Hall–Kier alpha value is 0.480. The molecular weight excluding hydrogens is 91.1 g/mol. The maximum Gasteiger partial charge on any atom is 0.0652 e. The molecule has 0 atom stereocenters. The maximum absolute atomic E-state index is 4.10. The van der Waals surface area contributed by atoms with Crippen LogP contribution in [0.5, 0.6) is 0 Å². The van der Waals surface area contributed by atoms with Crippen LogP contribution in [0.3, 0.4) is 0 Å². The summed E-state index contributed by atoms with van der Waals surface area (Å²) in [5.41, 5.74) is 0. The van der Waals surface area contributed by atoms with Crippen molar-refractivity contribution in [2.75, 3.05) is 0 Å². The Balaban J connectivity index is 2.30. The lowest BCUT2D eigenvalue weighted by atomic mass is 12.0. The van der Waals surface area contributed by atoms with Gasteiger partial charge in [-0.3, -0.25) is 3.97 Å². The van der Waals surface area contributed by atoms with Crippen LogP contribution in [0.2, 0.25) is 0 Å². The first-order valence-electron chi connectivity index (χ1n) is 0.681. The third kappa shape index (κ3) is 2.48. The summed E-state index contributed by atoms with van der Waals surface area (Å²) in [5, 5.41) is 0. The standard InChI is InChI=1S/CH3OPS/c1-3-2-4/h4H,1H2. The molecule has 3 heteroatoms. The predicted octanol–water partition coefficient (Wildman–Crippen LogP) is 1.14. The summed E-state index contributed by atoms with van der Waals surface area (Å²) >= 11 is 3.35. The predicted molar refractivity (Wildman–Crippen MR) is 24.1 cm³/mol. The van der Waals surface area contributed by atoms with Crippen molar-refractivity contribution in [2.45, 2.75) is 0 Å². The molecule has 0 saturated carbocycles. The Morgan fingerprint density at radius 1 is 2.00 bits per heavy atom. The van der Waals surface area contributed by atoms with Crippen molar-refractivity contribution in [1.29, 1.82) is 0 Å². The molecule has 0 amide bonds. The molecule has 0 spiro atoms. The van der Waals surface area contributed by atoms with Crippen molar-refractivity contribution >= 4 is 27.6 Å². The molecule has 0 fully saturated rings. The van der Waals surface area contributed by atoms with Crippen molar-refractivity contribution < 1.29 is 3.97 Å². The number of rotatable bonds is 1. The van der Waals surface area contributed by atoms with Gasteiger partial charge in [0.25, 0.3) is 0 Å². The highest BCUT2D eigenvalue weighted by atomic mass is 32.1. The van der Waals surface area contributed by atoms with E-state index in [1.165, 1.54) is 0 Å². The molecule has 0 saturated heterocycles. The topological polar surface area (TPSA) is 9.23 Å². The molecule has 0 aromatic heterocycles. The van der Waals surface area contributed by atoms with E-state index in [0.29, 0.717) is 8.43 Å². The average Bonchev–Trinajstić information content (AvgIpc) is 1.37. The van der Waals surface area contributed by atoms with E-state index in [2.05, 4.69) is 23.2 Å². The molecule has 0 aliphatic carbocycles. The quantitative estimate of drug-likeness (QED) is 0.291. The number of hydrogen-bond donors (Lipinski definition) is 1. The minimum atomic E-state index is 0.613. The Morgan fingerprint density at radius 2 is 2.25 bits per heavy atom. The van der Waals surface area contributed by atoms with Gasteiger partial charge in [-0.25, -0.2) is 0 Å². The summed E-state index contributed by atoms with van der Waals surface area (Å²) in [7, 11) is 0.613. The Morgan fingerprint density at radius 3 is 2.25 bits per heavy atom. The fraction of sp³-hybridized carbons (Fsp3) is 0. The summed E-state index contributed by atoms with van der Waals surface area (Å²) in [4.78, 5) is 0. The third-order valence-corrected chi connectivity index (χ3v) is 0.520. The van der Waals surface area contributed by atoms with Gasteiger partial charge in [-0.1, -0.05) is 0 Å². The van der Waals surface area contributed by atoms with Crippen LogP contribution in [0, 0.1) is 0 Å². The van der Waals surface area contributed by atoms with Gasteiger partial charge < -0.3 is 0 Å². The lowest BCUT2D eigenvalue weighted by molar-refractivity contribution is 0.773. The van der Waals surface area contributed by atoms with Crippen LogP contribution in [0.25, 0.3) is 0 Å². The van der Waals surface area contributed by atoms with E-state index >= 15 is 0 Å². The third-order valence-electron chi connectivity index (χ3n) is 0.0577. The molecule has 0 aromatic carbocycles. The molecule has 24 valence electrons. The summed E-state index contributed by atoms with van der Waals surface area (Å²) < 4.78 is 4.10. The van der Waals surface area contributed by atoms with Crippen LogP contribution < -0.4 is 0 Å². The van der Waals surface area contributed by atoms with Gasteiger partial charge in [0.05, 0.1) is 8.43 Å². The molecule has 0 radical (unpaired) electrons. The first kappa shape index (κ1) is 4.48.